The molecule has 0 unspecified atom stereocenters. The zero-order chi connectivity index (χ0) is 15.5. The number of nitrogens with zero attached hydrogens (tertiary/aromatic N) is 3. The number of carbonyl (C=O) groups excluding carboxylic acids is 1. The van der Waals surface area contributed by atoms with Crippen molar-refractivity contribution in [1.29, 1.82) is 0 Å². The van der Waals surface area contributed by atoms with Gasteiger partial charge in [0.25, 0.3) is 0 Å². The summed E-state index contributed by atoms with van der Waals surface area (Å²) >= 11 is 0. The van der Waals surface area contributed by atoms with Gasteiger partial charge < -0.3 is 10.4 Å². The molecule has 0 fully saturated rings. The summed E-state index contributed by atoms with van der Waals surface area (Å²) in [6.07, 6.45) is 2.64. The maximum absolute atomic E-state index is 12.1. The van der Waals surface area contributed by atoms with E-state index in [1.807, 2.05) is 0 Å². The summed E-state index contributed by atoms with van der Waals surface area (Å²) in [5.41, 5.74) is 0.366. The molecule has 0 spiro atoms. The number of anilines is 1. The van der Waals surface area contributed by atoms with Gasteiger partial charge in [0, 0.05) is 11.6 Å². The van der Waals surface area contributed by atoms with Gasteiger partial charge in [0.05, 0.1) is 11.7 Å². The highest BCUT2D eigenvalue weighted by Crippen LogP contribution is 2.18. The average Bonchev–Trinajstić information content (AvgIpc) is 2.53. The molecule has 0 saturated heterocycles. The second-order valence-corrected chi connectivity index (χ2v) is 4.60. The number of amides is 1. The van der Waals surface area contributed by atoms with Crippen molar-refractivity contribution in [2.24, 2.45) is 0 Å². The zero-order valence-corrected chi connectivity index (χ0v) is 11.4. The molecule has 0 saturated carbocycles. The predicted molar refractivity (Wildman–Crippen MR) is 80.5 cm³/mol. The standard InChI is InChI=1S/C15H12N4O3/c20-12-6-3-7-16-15(12)18-14(22)9-19-11-5-2-1-4-10(11)13(21)8-17-19/h1-8,20H,9H2,(H,16,18,22). The fourth-order valence-electron chi connectivity index (χ4n) is 2.09. The Kier molecular flexibility index (Phi) is 3.53. The minimum absolute atomic E-state index is 0.0813. The molecule has 0 bridgehead atoms. The number of aromatic nitrogens is 3. The van der Waals surface area contributed by atoms with E-state index in [9.17, 15) is 14.7 Å². The summed E-state index contributed by atoms with van der Waals surface area (Å²) < 4.78 is 1.42. The Morgan fingerprint density at radius 3 is 2.86 bits per heavy atom. The minimum atomic E-state index is -0.407. The highest BCUT2D eigenvalue weighted by molar-refractivity contribution is 5.91. The molecule has 0 aliphatic heterocycles. The van der Waals surface area contributed by atoms with Gasteiger partial charge in [-0.25, -0.2) is 4.98 Å². The lowest BCUT2D eigenvalue weighted by Gasteiger charge is -2.09. The Bertz CT molecular complexity index is 904. The normalized spacial score (nSPS) is 10.5. The summed E-state index contributed by atoms with van der Waals surface area (Å²) in [5.74, 6) is -0.443. The first kappa shape index (κ1) is 13.7. The van der Waals surface area contributed by atoms with E-state index >= 15 is 0 Å². The number of pyridine rings is 1. The Labute approximate surface area is 124 Å². The summed E-state index contributed by atoms with van der Waals surface area (Å²) in [4.78, 5) is 27.7. The molecule has 3 rings (SSSR count). The molecule has 0 aliphatic carbocycles. The monoisotopic (exact) mass is 296 g/mol. The van der Waals surface area contributed by atoms with Crippen LogP contribution < -0.4 is 10.7 Å². The molecule has 0 aliphatic rings. The van der Waals surface area contributed by atoms with Gasteiger partial charge in [0.2, 0.25) is 11.3 Å². The van der Waals surface area contributed by atoms with Crippen molar-refractivity contribution in [3.63, 3.8) is 0 Å². The Hall–Kier alpha value is -3.22. The first-order chi connectivity index (χ1) is 10.6. The van der Waals surface area contributed by atoms with Gasteiger partial charge in [0.1, 0.15) is 6.54 Å². The molecule has 22 heavy (non-hydrogen) atoms. The van der Waals surface area contributed by atoms with E-state index in [0.717, 1.165) is 0 Å². The second-order valence-electron chi connectivity index (χ2n) is 4.60. The molecule has 0 atom stereocenters. The fourth-order valence-corrected chi connectivity index (χ4v) is 2.09. The summed E-state index contributed by atoms with van der Waals surface area (Å²) in [7, 11) is 0. The highest BCUT2D eigenvalue weighted by atomic mass is 16.3. The number of hydrogen-bond donors (Lipinski definition) is 2. The van der Waals surface area contributed by atoms with Gasteiger partial charge in [-0.3, -0.25) is 14.3 Å². The molecule has 2 heterocycles. The van der Waals surface area contributed by atoms with E-state index in [4.69, 9.17) is 0 Å². The van der Waals surface area contributed by atoms with Gasteiger partial charge in [-0.2, -0.15) is 5.10 Å². The quantitative estimate of drug-likeness (QED) is 0.755. The third-order valence-corrected chi connectivity index (χ3v) is 3.10. The Morgan fingerprint density at radius 2 is 2.05 bits per heavy atom. The average molecular weight is 296 g/mol. The van der Waals surface area contributed by atoms with Crippen LogP contribution in [0.2, 0.25) is 0 Å². The van der Waals surface area contributed by atoms with Crippen molar-refractivity contribution < 1.29 is 9.90 Å². The molecule has 0 radical (unpaired) electrons. The third kappa shape index (κ3) is 2.64. The molecular weight excluding hydrogens is 284 g/mol. The number of hydrogen-bond acceptors (Lipinski definition) is 5. The maximum atomic E-state index is 12.1. The molecule has 110 valence electrons. The Balaban J connectivity index is 1.88. The van der Waals surface area contributed by atoms with Crippen molar-refractivity contribution >= 4 is 22.6 Å². The fraction of sp³-hybridized carbons (Fsp3) is 0.0667. The van der Waals surface area contributed by atoms with Crippen LogP contribution in [0.3, 0.4) is 0 Å². The van der Waals surface area contributed by atoms with Gasteiger partial charge in [-0.1, -0.05) is 12.1 Å². The molecule has 7 nitrogen and oxygen atoms in total. The topological polar surface area (TPSA) is 97.1 Å². The molecule has 2 N–H and O–H groups in total. The molecule has 3 aromatic rings. The number of benzene rings is 1. The minimum Gasteiger partial charge on any atom is -0.504 e. The van der Waals surface area contributed by atoms with E-state index < -0.39 is 5.91 Å². The van der Waals surface area contributed by atoms with Crippen LogP contribution in [0.15, 0.2) is 53.6 Å². The molecular formula is C15H12N4O3. The number of nitrogens with one attached hydrogen (secondary N) is 1. The number of carbonyl (C=O) groups is 1. The summed E-state index contributed by atoms with van der Waals surface area (Å²) in [5, 5.41) is 16.6. The van der Waals surface area contributed by atoms with Crippen molar-refractivity contribution in [3.8, 4) is 5.75 Å². The van der Waals surface area contributed by atoms with Crippen LogP contribution in [0, 0.1) is 0 Å². The molecule has 1 aromatic carbocycles. The van der Waals surface area contributed by atoms with Crippen LogP contribution >= 0.6 is 0 Å². The Morgan fingerprint density at radius 1 is 1.23 bits per heavy atom. The van der Waals surface area contributed by atoms with Crippen molar-refractivity contribution in [1.82, 2.24) is 14.8 Å². The lowest BCUT2D eigenvalue weighted by molar-refractivity contribution is -0.116. The van der Waals surface area contributed by atoms with E-state index in [0.29, 0.717) is 10.9 Å². The van der Waals surface area contributed by atoms with Crippen LogP contribution in [0.5, 0.6) is 5.75 Å². The van der Waals surface area contributed by atoms with E-state index in [1.54, 1.807) is 30.3 Å². The summed E-state index contributed by atoms with van der Waals surface area (Å²) in [6.45, 7) is -0.100. The molecule has 2 aromatic heterocycles. The predicted octanol–water partition coefficient (Wildman–Crippen LogP) is 1.14. The third-order valence-electron chi connectivity index (χ3n) is 3.10. The zero-order valence-electron chi connectivity index (χ0n) is 11.4. The van der Waals surface area contributed by atoms with Crippen molar-refractivity contribution in [2.75, 3.05) is 5.32 Å². The van der Waals surface area contributed by atoms with Crippen molar-refractivity contribution in [2.45, 2.75) is 6.54 Å². The second kappa shape index (κ2) is 5.65. The van der Waals surface area contributed by atoms with Gasteiger partial charge in [-0.05, 0) is 24.3 Å². The van der Waals surface area contributed by atoms with Crippen LogP contribution in [0.25, 0.3) is 10.9 Å². The molecule has 7 heteroatoms. The number of para-hydroxylation sites is 1. The summed E-state index contributed by atoms with van der Waals surface area (Å²) in [6, 6.07) is 9.90. The van der Waals surface area contributed by atoms with Crippen LogP contribution in [-0.2, 0) is 11.3 Å². The lowest BCUT2D eigenvalue weighted by Crippen LogP contribution is -2.22. The highest BCUT2D eigenvalue weighted by Gasteiger charge is 2.10. The largest absolute Gasteiger partial charge is 0.504 e. The van der Waals surface area contributed by atoms with E-state index in [2.05, 4.69) is 15.4 Å². The lowest BCUT2D eigenvalue weighted by atomic mass is 10.2. The first-order valence-electron chi connectivity index (χ1n) is 6.54. The smallest absolute Gasteiger partial charge is 0.247 e. The van der Waals surface area contributed by atoms with Crippen LogP contribution in [-0.4, -0.2) is 25.8 Å². The van der Waals surface area contributed by atoms with Crippen LogP contribution in [0.4, 0.5) is 5.82 Å². The maximum Gasteiger partial charge on any atom is 0.247 e. The number of aromatic hydroxyl groups is 1. The van der Waals surface area contributed by atoms with Gasteiger partial charge in [0.15, 0.2) is 11.6 Å². The number of rotatable bonds is 3. The first-order valence-corrected chi connectivity index (χ1v) is 6.54. The SMILES string of the molecule is O=C(Cn1ncc(=O)c2ccccc21)Nc1ncccc1O. The molecule has 1 amide bonds. The van der Waals surface area contributed by atoms with Crippen molar-refractivity contribution in [3.05, 3.63) is 59.0 Å². The van der Waals surface area contributed by atoms with E-state index in [1.165, 1.54) is 23.1 Å². The number of fused-ring (bicyclic) bond motifs is 1. The van der Waals surface area contributed by atoms with Crippen LogP contribution in [0.1, 0.15) is 0 Å². The van der Waals surface area contributed by atoms with E-state index in [-0.39, 0.29) is 23.5 Å². The van der Waals surface area contributed by atoms with Gasteiger partial charge >= 0.3 is 0 Å². The van der Waals surface area contributed by atoms with Gasteiger partial charge in [-0.15, -0.1) is 0 Å².